The molecule has 5 nitrogen and oxygen atoms in total. The number of aryl methyl sites for hydroxylation is 2. The Kier molecular flexibility index (Phi) is 7.20. The molecule has 3 aromatic carbocycles. The van der Waals surface area contributed by atoms with Crippen molar-refractivity contribution in [2.45, 2.75) is 52.6 Å². The normalized spacial score (nSPS) is 17.3. The molecule has 0 radical (unpaired) electrons. The molecule has 1 heterocycles. The molecule has 39 heavy (non-hydrogen) atoms. The van der Waals surface area contributed by atoms with Gasteiger partial charge >= 0.3 is 0 Å². The third-order valence-corrected chi connectivity index (χ3v) is 7.79. The summed E-state index contributed by atoms with van der Waals surface area (Å²) in [6, 6.07) is 18.3. The predicted octanol–water partition coefficient (Wildman–Crippen LogP) is 7.29. The molecule has 0 saturated heterocycles. The molecular formula is C32H29ClFN3O2. The Morgan fingerprint density at radius 2 is 1.82 bits per heavy atom. The first-order valence-electron chi connectivity index (χ1n) is 12.9. The molecular weight excluding hydrogens is 513 g/mol. The Hall–Kier alpha value is -4.08. The molecule has 2 N–H and O–H groups in total. The van der Waals surface area contributed by atoms with Gasteiger partial charge in [-0.2, -0.15) is 5.26 Å². The second-order valence-electron chi connectivity index (χ2n) is 10.2. The van der Waals surface area contributed by atoms with Crippen LogP contribution in [0.25, 0.3) is 0 Å². The van der Waals surface area contributed by atoms with Crippen molar-refractivity contribution in [1.82, 2.24) is 0 Å². The molecule has 198 valence electrons. The molecule has 1 aliphatic heterocycles. The largest absolute Gasteiger partial charge is 0.487 e. The van der Waals surface area contributed by atoms with E-state index in [4.69, 9.17) is 22.1 Å². The van der Waals surface area contributed by atoms with E-state index in [0.717, 1.165) is 45.6 Å². The number of rotatable bonds is 5. The van der Waals surface area contributed by atoms with E-state index < -0.39 is 11.7 Å². The number of benzene rings is 3. The highest BCUT2D eigenvalue weighted by Gasteiger charge is 2.41. The van der Waals surface area contributed by atoms with Crippen molar-refractivity contribution in [2.24, 2.45) is 5.73 Å². The van der Waals surface area contributed by atoms with E-state index in [2.05, 4.69) is 6.07 Å². The quantitative estimate of drug-likeness (QED) is 0.367. The van der Waals surface area contributed by atoms with Crippen molar-refractivity contribution in [3.8, 4) is 11.8 Å². The summed E-state index contributed by atoms with van der Waals surface area (Å²) < 4.78 is 19.4. The third-order valence-electron chi connectivity index (χ3n) is 7.49. The minimum Gasteiger partial charge on any atom is -0.487 e. The Morgan fingerprint density at radius 1 is 1.08 bits per heavy atom. The first-order chi connectivity index (χ1) is 18.7. The second kappa shape index (κ2) is 10.6. The highest BCUT2D eigenvalue weighted by atomic mass is 35.5. The lowest BCUT2D eigenvalue weighted by atomic mass is 9.73. The second-order valence-corrected chi connectivity index (χ2v) is 10.6. The van der Waals surface area contributed by atoms with Gasteiger partial charge in [0.05, 0.1) is 22.6 Å². The fraction of sp³-hybridized carbons (Fsp3) is 0.250. The molecule has 1 atom stereocenters. The molecule has 0 saturated carbocycles. The Morgan fingerprint density at radius 3 is 2.51 bits per heavy atom. The SMILES string of the molecule is Cc1ccc(N2C(N)=C(C#N)C(c3cc(C)cc(COc4ccc(F)cc4Cl)c3C)C3=C2CCCC3=O)cc1. The van der Waals surface area contributed by atoms with Gasteiger partial charge in [-0.3, -0.25) is 9.69 Å². The van der Waals surface area contributed by atoms with Gasteiger partial charge in [0.1, 0.15) is 24.0 Å². The van der Waals surface area contributed by atoms with Crippen LogP contribution in [0.3, 0.4) is 0 Å². The number of carbonyl (C=O) groups excluding carboxylic acids is 1. The van der Waals surface area contributed by atoms with E-state index >= 15 is 0 Å². The Labute approximate surface area is 233 Å². The van der Waals surface area contributed by atoms with Crippen LogP contribution in [0.2, 0.25) is 5.02 Å². The molecule has 0 fully saturated rings. The summed E-state index contributed by atoms with van der Waals surface area (Å²) in [5.41, 5.74) is 14.1. The molecule has 0 bridgehead atoms. The average Bonchev–Trinajstić information content (AvgIpc) is 2.90. The Balaban J connectivity index is 1.62. The summed E-state index contributed by atoms with van der Waals surface area (Å²) in [7, 11) is 0. The molecule has 0 spiro atoms. The zero-order valence-electron chi connectivity index (χ0n) is 22.1. The third kappa shape index (κ3) is 4.91. The fourth-order valence-electron chi connectivity index (χ4n) is 5.55. The minimum atomic E-state index is -0.576. The van der Waals surface area contributed by atoms with Crippen LogP contribution < -0.4 is 15.4 Å². The zero-order chi connectivity index (χ0) is 27.8. The van der Waals surface area contributed by atoms with Crippen LogP contribution in [0.15, 0.2) is 77.3 Å². The van der Waals surface area contributed by atoms with Gasteiger partial charge in [0.25, 0.3) is 0 Å². The van der Waals surface area contributed by atoms with E-state index in [0.29, 0.717) is 35.6 Å². The molecule has 5 rings (SSSR count). The predicted molar refractivity (Wildman–Crippen MR) is 151 cm³/mol. The summed E-state index contributed by atoms with van der Waals surface area (Å²) in [5, 5.41) is 10.6. The van der Waals surface area contributed by atoms with Gasteiger partial charge in [-0.15, -0.1) is 0 Å². The molecule has 0 amide bonds. The van der Waals surface area contributed by atoms with Crippen molar-refractivity contribution in [3.63, 3.8) is 0 Å². The number of ketones is 1. The number of allylic oxidation sites excluding steroid dienone is 3. The number of nitrogens with zero attached hydrogens (tertiary/aromatic N) is 2. The number of nitriles is 1. The zero-order valence-corrected chi connectivity index (χ0v) is 22.9. The summed E-state index contributed by atoms with van der Waals surface area (Å²) in [6.07, 6.45) is 1.85. The van der Waals surface area contributed by atoms with Gasteiger partial charge in [0.2, 0.25) is 0 Å². The van der Waals surface area contributed by atoms with E-state index in [1.54, 1.807) is 0 Å². The summed E-state index contributed by atoms with van der Waals surface area (Å²) in [4.78, 5) is 15.4. The van der Waals surface area contributed by atoms with Crippen LogP contribution in [-0.2, 0) is 11.4 Å². The maximum atomic E-state index is 13.5. The smallest absolute Gasteiger partial charge is 0.161 e. The number of hydrogen-bond donors (Lipinski definition) is 1. The molecule has 1 aliphatic carbocycles. The first kappa shape index (κ1) is 26.5. The molecule has 2 aliphatic rings. The standard InChI is InChI=1S/C32H29ClFN3O2/c1-18-7-10-23(11-8-18)37-27-5-4-6-28(38)31(27)30(25(16-35)32(37)36)24-14-19(2)13-21(20(24)3)17-39-29-12-9-22(34)15-26(29)33/h7-15,30H,4-6,17,36H2,1-3H3. The molecule has 0 aromatic heterocycles. The maximum absolute atomic E-state index is 13.5. The highest BCUT2D eigenvalue weighted by Crippen LogP contribution is 2.47. The number of halogens is 2. The lowest BCUT2D eigenvalue weighted by Crippen LogP contribution is -2.39. The minimum absolute atomic E-state index is 0.0374. The first-order valence-corrected chi connectivity index (χ1v) is 13.3. The molecule has 3 aromatic rings. The number of ether oxygens (including phenoxy) is 1. The van der Waals surface area contributed by atoms with Crippen molar-refractivity contribution >= 4 is 23.1 Å². The van der Waals surface area contributed by atoms with Crippen LogP contribution in [-0.4, -0.2) is 5.78 Å². The van der Waals surface area contributed by atoms with Gasteiger partial charge in [0, 0.05) is 23.4 Å². The van der Waals surface area contributed by atoms with Crippen molar-refractivity contribution in [3.05, 3.63) is 116 Å². The van der Waals surface area contributed by atoms with Crippen LogP contribution in [0.5, 0.6) is 5.75 Å². The van der Waals surface area contributed by atoms with Gasteiger partial charge in [-0.25, -0.2) is 4.39 Å². The lowest BCUT2D eigenvalue weighted by molar-refractivity contribution is -0.116. The van der Waals surface area contributed by atoms with Crippen LogP contribution in [0.1, 0.15) is 53.0 Å². The van der Waals surface area contributed by atoms with E-state index in [1.165, 1.54) is 18.2 Å². The van der Waals surface area contributed by atoms with Gasteiger partial charge in [0.15, 0.2) is 5.78 Å². The van der Waals surface area contributed by atoms with Crippen LogP contribution in [0.4, 0.5) is 10.1 Å². The summed E-state index contributed by atoms with van der Waals surface area (Å²) >= 11 is 6.17. The maximum Gasteiger partial charge on any atom is 0.161 e. The molecule has 7 heteroatoms. The monoisotopic (exact) mass is 541 g/mol. The van der Waals surface area contributed by atoms with E-state index in [-0.39, 0.29) is 17.4 Å². The fourth-order valence-corrected chi connectivity index (χ4v) is 5.77. The summed E-state index contributed by atoms with van der Waals surface area (Å²) in [5.74, 6) is -0.256. The average molecular weight is 542 g/mol. The number of nitrogens with two attached hydrogens (primary N) is 1. The number of carbonyl (C=O) groups is 1. The van der Waals surface area contributed by atoms with E-state index in [9.17, 15) is 14.4 Å². The van der Waals surface area contributed by atoms with E-state index in [1.807, 2.05) is 62.1 Å². The summed E-state index contributed by atoms with van der Waals surface area (Å²) in [6.45, 7) is 6.13. The van der Waals surface area contributed by atoms with Crippen molar-refractivity contribution < 1.29 is 13.9 Å². The lowest BCUT2D eigenvalue weighted by Gasteiger charge is -2.40. The van der Waals surface area contributed by atoms with Gasteiger partial charge in [-0.1, -0.05) is 47.0 Å². The Bertz CT molecular complexity index is 1580. The number of hydrogen-bond acceptors (Lipinski definition) is 5. The molecule has 1 unspecified atom stereocenters. The van der Waals surface area contributed by atoms with Crippen LogP contribution >= 0.6 is 11.6 Å². The number of Topliss-reactive ketones (excluding diaryl/α,β-unsaturated/α-hetero) is 1. The van der Waals surface area contributed by atoms with Crippen molar-refractivity contribution in [1.29, 1.82) is 5.26 Å². The van der Waals surface area contributed by atoms with Crippen LogP contribution in [0, 0.1) is 37.9 Å². The van der Waals surface area contributed by atoms with Gasteiger partial charge in [-0.05, 0) is 80.6 Å². The van der Waals surface area contributed by atoms with Crippen molar-refractivity contribution in [2.75, 3.05) is 4.90 Å². The highest BCUT2D eigenvalue weighted by molar-refractivity contribution is 6.32. The van der Waals surface area contributed by atoms with Gasteiger partial charge < -0.3 is 10.5 Å². The number of anilines is 1. The topological polar surface area (TPSA) is 79.3 Å².